The summed E-state index contributed by atoms with van der Waals surface area (Å²) in [7, 11) is 0. The van der Waals surface area contributed by atoms with E-state index in [9.17, 15) is 9.50 Å². The molecule has 2 aromatic carbocycles. The Balaban J connectivity index is 1.67. The van der Waals surface area contributed by atoms with E-state index in [0.29, 0.717) is 5.11 Å². The van der Waals surface area contributed by atoms with Gasteiger partial charge >= 0.3 is 0 Å². The normalized spacial score (nSPS) is 18.2. The molecule has 2 atom stereocenters. The number of nitrogens with zero attached hydrogens (tertiary/aromatic N) is 3. The minimum atomic E-state index is -0.297. The van der Waals surface area contributed by atoms with Crippen LogP contribution in [0.15, 0.2) is 91.3 Å². The molecule has 1 saturated heterocycles. The number of aromatic nitrogens is 2. The average molecular weight is 431 g/mol. The maximum Gasteiger partial charge on any atom is 0.174 e. The van der Waals surface area contributed by atoms with Crippen molar-refractivity contribution in [3.63, 3.8) is 0 Å². The smallest absolute Gasteiger partial charge is 0.174 e. The molecule has 7 heteroatoms. The Labute approximate surface area is 184 Å². The quantitative estimate of drug-likeness (QED) is 0.452. The Kier molecular flexibility index (Phi) is 4.88. The fraction of sp³-hybridized carbons (Fsp3) is 0.0833. The van der Waals surface area contributed by atoms with E-state index in [4.69, 9.17) is 12.2 Å². The third-order valence-corrected chi connectivity index (χ3v) is 5.71. The standard InChI is InChI=1S/C24H19FN4OS/c25-16-5-3-6-18(15-16)28-14-4-8-21(28)23-22(20-7-1-2-13-26-20)27-24(31)29(23)17-9-11-19(30)12-10-17/h1-15,22-23,30H,(H,27,31)/t22-,23+/m1/s1. The maximum absolute atomic E-state index is 14.0. The summed E-state index contributed by atoms with van der Waals surface area (Å²) < 4.78 is 15.9. The molecule has 0 amide bonds. The van der Waals surface area contributed by atoms with E-state index in [1.165, 1.54) is 12.1 Å². The summed E-state index contributed by atoms with van der Waals surface area (Å²) in [5.41, 5.74) is 3.35. The summed E-state index contributed by atoms with van der Waals surface area (Å²) in [5, 5.41) is 13.7. The van der Waals surface area contributed by atoms with Crippen LogP contribution in [0.5, 0.6) is 5.75 Å². The molecule has 1 aliphatic heterocycles. The number of benzene rings is 2. The molecule has 2 aromatic heterocycles. The first kappa shape index (κ1) is 19.3. The molecule has 3 heterocycles. The van der Waals surface area contributed by atoms with Crippen LogP contribution in [-0.2, 0) is 0 Å². The highest BCUT2D eigenvalue weighted by atomic mass is 32.1. The van der Waals surface area contributed by atoms with Crippen LogP contribution in [0, 0.1) is 5.82 Å². The second-order valence-corrected chi connectivity index (χ2v) is 7.68. The molecule has 31 heavy (non-hydrogen) atoms. The number of hydrogen-bond donors (Lipinski definition) is 2. The van der Waals surface area contributed by atoms with E-state index < -0.39 is 0 Å². The van der Waals surface area contributed by atoms with Crippen LogP contribution >= 0.6 is 12.2 Å². The largest absolute Gasteiger partial charge is 0.508 e. The second-order valence-electron chi connectivity index (χ2n) is 7.30. The number of aromatic hydroxyl groups is 1. The number of phenols is 1. The maximum atomic E-state index is 14.0. The molecule has 0 unspecified atom stereocenters. The zero-order valence-corrected chi connectivity index (χ0v) is 17.2. The highest BCUT2D eigenvalue weighted by Crippen LogP contribution is 2.42. The predicted octanol–water partition coefficient (Wildman–Crippen LogP) is 4.89. The number of anilines is 1. The third kappa shape index (κ3) is 3.53. The first-order chi connectivity index (χ1) is 15.1. The molecule has 154 valence electrons. The number of rotatable bonds is 4. The highest BCUT2D eigenvalue weighted by Gasteiger charge is 2.42. The van der Waals surface area contributed by atoms with Gasteiger partial charge in [0.05, 0.1) is 11.7 Å². The van der Waals surface area contributed by atoms with Crippen LogP contribution in [0.2, 0.25) is 0 Å². The summed E-state index contributed by atoms with van der Waals surface area (Å²) in [6.07, 6.45) is 3.67. The van der Waals surface area contributed by atoms with Crippen LogP contribution in [0.25, 0.3) is 5.69 Å². The van der Waals surface area contributed by atoms with Crippen LogP contribution in [0.3, 0.4) is 0 Å². The zero-order valence-electron chi connectivity index (χ0n) is 16.4. The minimum Gasteiger partial charge on any atom is -0.508 e. The number of halogens is 1. The second kappa shape index (κ2) is 7.85. The Morgan fingerprint density at radius 1 is 0.935 bits per heavy atom. The molecular weight excluding hydrogens is 411 g/mol. The van der Waals surface area contributed by atoms with Crippen molar-refractivity contribution in [2.45, 2.75) is 12.1 Å². The van der Waals surface area contributed by atoms with Gasteiger partial charge < -0.3 is 19.9 Å². The van der Waals surface area contributed by atoms with E-state index in [2.05, 4.69) is 10.3 Å². The number of pyridine rings is 1. The van der Waals surface area contributed by atoms with Gasteiger partial charge in [-0.05, 0) is 78.9 Å². The molecule has 0 bridgehead atoms. The molecule has 1 fully saturated rings. The Morgan fingerprint density at radius 3 is 2.52 bits per heavy atom. The van der Waals surface area contributed by atoms with E-state index in [1.807, 2.05) is 64.2 Å². The van der Waals surface area contributed by atoms with E-state index in [-0.39, 0.29) is 23.7 Å². The van der Waals surface area contributed by atoms with Crippen molar-refractivity contribution in [2.24, 2.45) is 0 Å². The van der Waals surface area contributed by atoms with Gasteiger partial charge in [0.1, 0.15) is 17.6 Å². The van der Waals surface area contributed by atoms with E-state index >= 15 is 0 Å². The predicted molar refractivity (Wildman–Crippen MR) is 122 cm³/mol. The highest BCUT2D eigenvalue weighted by molar-refractivity contribution is 7.80. The van der Waals surface area contributed by atoms with Gasteiger partial charge in [-0.2, -0.15) is 0 Å². The van der Waals surface area contributed by atoms with Gasteiger partial charge in [0.2, 0.25) is 0 Å². The molecule has 0 spiro atoms. The van der Waals surface area contributed by atoms with Gasteiger partial charge in [0, 0.05) is 29.5 Å². The summed E-state index contributed by atoms with van der Waals surface area (Å²) in [6.45, 7) is 0. The summed E-state index contributed by atoms with van der Waals surface area (Å²) >= 11 is 5.72. The minimum absolute atomic E-state index is 0.183. The molecule has 0 aliphatic carbocycles. The van der Waals surface area contributed by atoms with Gasteiger partial charge in [0.25, 0.3) is 0 Å². The van der Waals surface area contributed by atoms with Gasteiger partial charge in [-0.25, -0.2) is 4.39 Å². The molecule has 2 N–H and O–H groups in total. The van der Waals surface area contributed by atoms with Crippen molar-refractivity contribution in [1.82, 2.24) is 14.9 Å². The number of thiocarbonyl (C=S) groups is 1. The number of hydrogen-bond acceptors (Lipinski definition) is 3. The fourth-order valence-corrected chi connectivity index (χ4v) is 4.39. The lowest BCUT2D eigenvalue weighted by atomic mass is 10.0. The molecule has 1 aliphatic rings. The lowest BCUT2D eigenvalue weighted by molar-refractivity contribution is 0.475. The topological polar surface area (TPSA) is 53.3 Å². The Morgan fingerprint density at radius 2 is 1.77 bits per heavy atom. The van der Waals surface area contributed by atoms with Crippen LogP contribution in [0.4, 0.5) is 10.1 Å². The first-order valence-corrected chi connectivity index (χ1v) is 10.3. The molecule has 5 rings (SSSR count). The summed E-state index contributed by atoms with van der Waals surface area (Å²) in [5.74, 6) is -0.114. The molecule has 0 radical (unpaired) electrons. The third-order valence-electron chi connectivity index (χ3n) is 5.40. The van der Waals surface area contributed by atoms with Crippen molar-refractivity contribution in [3.05, 3.63) is 108 Å². The van der Waals surface area contributed by atoms with Gasteiger partial charge in [-0.1, -0.05) is 12.1 Å². The van der Waals surface area contributed by atoms with Crippen molar-refractivity contribution in [1.29, 1.82) is 0 Å². The lowest BCUT2D eigenvalue weighted by Crippen LogP contribution is -2.30. The average Bonchev–Trinajstić information content (AvgIpc) is 3.39. The van der Waals surface area contributed by atoms with Gasteiger partial charge in [-0.15, -0.1) is 0 Å². The Hall–Kier alpha value is -3.71. The molecular formula is C24H19FN4OS. The fourth-order valence-electron chi connectivity index (χ4n) is 4.04. The Bertz CT molecular complexity index is 1230. The van der Waals surface area contributed by atoms with Crippen LogP contribution in [-0.4, -0.2) is 19.8 Å². The van der Waals surface area contributed by atoms with Crippen molar-refractivity contribution < 1.29 is 9.50 Å². The van der Waals surface area contributed by atoms with Crippen molar-refractivity contribution >= 4 is 23.0 Å². The van der Waals surface area contributed by atoms with Crippen LogP contribution < -0.4 is 10.2 Å². The number of phenolic OH excluding ortho intramolecular Hbond substituents is 1. The summed E-state index contributed by atoms with van der Waals surface area (Å²) in [6, 6.07) is 22.7. The number of nitrogens with one attached hydrogen (secondary N) is 1. The molecule has 0 saturated carbocycles. The summed E-state index contributed by atoms with van der Waals surface area (Å²) in [4.78, 5) is 6.57. The first-order valence-electron chi connectivity index (χ1n) is 9.85. The van der Waals surface area contributed by atoms with Gasteiger partial charge in [-0.3, -0.25) is 4.98 Å². The lowest BCUT2D eigenvalue weighted by Gasteiger charge is -2.29. The van der Waals surface area contributed by atoms with E-state index in [1.54, 1.807) is 24.4 Å². The zero-order chi connectivity index (χ0) is 21.4. The van der Waals surface area contributed by atoms with Crippen molar-refractivity contribution in [3.8, 4) is 11.4 Å². The van der Waals surface area contributed by atoms with Crippen molar-refractivity contribution in [2.75, 3.05) is 4.90 Å². The molecule has 5 nitrogen and oxygen atoms in total. The van der Waals surface area contributed by atoms with E-state index in [0.717, 1.165) is 22.8 Å². The van der Waals surface area contributed by atoms with Gasteiger partial charge in [0.15, 0.2) is 5.11 Å². The molecule has 4 aromatic rings. The van der Waals surface area contributed by atoms with Crippen LogP contribution in [0.1, 0.15) is 23.5 Å². The monoisotopic (exact) mass is 430 g/mol. The SMILES string of the molecule is Oc1ccc(N2C(=S)N[C@H](c3ccccn3)[C@@H]2c2cccn2-c2cccc(F)c2)cc1.